The first kappa shape index (κ1) is 13.8. The molecule has 0 fully saturated rings. The maximum absolute atomic E-state index is 9.62. The summed E-state index contributed by atoms with van der Waals surface area (Å²) in [7, 11) is 1.59. The third-order valence-electron chi connectivity index (χ3n) is 3.07. The Morgan fingerprint density at radius 3 is 2.65 bits per heavy atom. The molecule has 0 aliphatic carbocycles. The Kier molecular flexibility index (Phi) is 4.11. The highest BCUT2D eigenvalue weighted by Gasteiger charge is 2.13. The van der Waals surface area contributed by atoms with Crippen LogP contribution in [0.15, 0.2) is 42.5 Å². The van der Waals surface area contributed by atoms with E-state index in [1.807, 2.05) is 24.0 Å². The predicted octanol–water partition coefficient (Wildman–Crippen LogP) is 3.43. The van der Waals surface area contributed by atoms with E-state index in [1.54, 1.807) is 37.4 Å². The Morgan fingerprint density at radius 1 is 1.25 bits per heavy atom. The van der Waals surface area contributed by atoms with Crippen LogP contribution in [0.5, 0.6) is 11.5 Å². The minimum Gasteiger partial charge on any atom is -0.508 e. The standard InChI is InChI=1S/C16H16N2O2/c1-3-18(13-5-4-6-14(19)9-13)16-10-15(20-2)8-7-12(16)11-17/h4-10,19H,3H2,1-2H3. The summed E-state index contributed by atoms with van der Waals surface area (Å²) in [5.74, 6) is 0.889. The molecule has 2 rings (SSSR count). The second-order valence-corrected chi connectivity index (χ2v) is 4.26. The van der Waals surface area contributed by atoms with E-state index >= 15 is 0 Å². The van der Waals surface area contributed by atoms with Gasteiger partial charge in [0.2, 0.25) is 0 Å². The molecule has 0 heterocycles. The first-order chi connectivity index (χ1) is 9.69. The van der Waals surface area contributed by atoms with Crippen molar-refractivity contribution >= 4 is 11.4 Å². The van der Waals surface area contributed by atoms with Crippen LogP contribution < -0.4 is 9.64 Å². The molecule has 1 N–H and O–H groups in total. The van der Waals surface area contributed by atoms with E-state index in [2.05, 4.69) is 6.07 Å². The molecule has 2 aromatic rings. The molecule has 4 heteroatoms. The molecule has 0 unspecified atom stereocenters. The van der Waals surface area contributed by atoms with Gasteiger partial charge in [-0.2, -0.15) is 5.26 Å². The Labute approximate surface area is 118 Å². The fourth-order valence-corrected chi connectivity index (χ4v) is 2.11. The van der Waals surface area contributed by atoms with Gasteiger partial charge in [-0.15, -0.1) is 0 Å². The first-order valence-electron chi connectivity index (χ1n) is 6.34. The number of nitrogens with zero attached hydrogens (tertiary/aromatic N) is 2. The van der Waals surface area contributed by atoms with Crippen LogP contribution in [0.1, 0.15) is 12.5 Å². The molecule has 4 nitrogen and oxygen atoms in total. The van der Waals surface area contributed by atoms with E-state index in [9.17, 15) is 10.4 Å². The van der Waals surface area contributed by atoms with E-state index in [0.29, 0.717) is 17.9 Å². The van der Waals surface area contributed by atoms with Crippen molar-refractivity contribution in [3.05, 3.63) is 48.0 Å². The molecule has 102 valence electrons. The number of methoxy groups -OCH3 is 1. The number of hydrogen-bond donors (Lipinski definition) is 1. The van der Waals surface area contributed by atoms with Crippen molar-refractivity contribution in [1.29, 1.82) is 5.26 Å². The van der Waals surface area contributed by atoms with E-state index in [4.69, 9.17) is 4.74 Å². The summed E-state index contributed by atoms with van der Waals surface area (Å²) in [4.78, 5) is 1.96. The predicted molar refractivity (Wildman–Crippen MR) is 78.5 cm³/mol. The van der Waals surface area contributed by atoms with Gasteiger partial charge in [0.1, 0.15) is 17.6 Å². The Balaban J connectivity index is 2.54. The van der Waals surface area contributed by atoms with Gasteiger partial charge in [-0.1, -0.05) is 6.07 Å². The second-order valence-electron chi connectivity index (χ2n) is 4.26. The van der Waals surface area contributed by atoms with Gasteiger partial charge in [-0.25, -0.2) is 0 Å². The number of aromatic hydroxyl groups is 1. The Bertz CT molecular complexity index is 647. The quantitative estimate of drug-likeness (QED) is 0.923. The van der Waals surface area contributed by atoms with Gasteiger partial charge in [0.25, 0.3) is 0 Å². The fourth-order valence-electron chi connectivity index (χ4n) is 2.11. The third-order valence-corrected chi connectivity index (χ3v) is 3.07. The summed E-state index contributed by atoms with van der Waals surface area (Å²) in [5.41, 5.74) is 2.16. The number of phenolic OH excluding ortho intramolecular Hbond substituents is 1. The Hall–Kier alpha value is -2.67. The summed E-state index contributed by atoms with van der Waals surface area (Å²) >= 11 is 0. The lowest BCUT2D eigenvalue weighted by atomic mass is 10.1. The van der Waals surface area contributed by atoms with Gasteiger partial charge >= 0.3 is 0 Å². The molecule has 0 aliphatic rings. The van der Waals surface area contributed by atoms with Crippen molar-refractivity contribution in [1.82, 2.24) is 0 Å². The number of rotatable bonds is 4. The molecule has 0 amide bonds. The van der Waals surface area contributed by atoms with Crippen molar-refractivity contribution in [2.45, 2.75) is 6.92 Å². The molecule has 0 saturated heterocycles. The summed E-state index contributed by atoms with van der Waals surface area (Å²) in [6.07, 6.45) is 0. The molecule has 0 aliphatic heterocycles. The highest BCUT2D eigenvalue weighted by Crippen LogP contribution is 2.32. The monoisotopic (exact) mass is 268 g/mol. The lowest BCUT2D eigenvalue weighted by Gasteiger charge is -2.24. The SMILES string of the molecule is CCN(c1cccc(O)c1)c1cc(OC)ccc1C#N. The maximum Gasteiger partial charge on any atom is 0.121 e. The van der Waals surface area contributed by atoms with E-state index < -0.39 is 0 Å². The van der Waals surface area contributed by atoms with Gasteiger partial charge in [0, 0.05) is 24.4 Å². The fraction of sp³-hybridized carbons (Fsp3) is 0.188. The van der Waals surface area contributed by atoms with Crippen LogP contribution >= 0.6 is 0 Å². The van der Waals surface area contributed by atoms with Crippen LogP contribution in [0.2, 0.25) is 0 Å². The van der Waals surface area contributed by atoms with Crippen molar-refractivity contribution in [2.24, 2.45) is 0 Å². The molecule has 0 bridgehead atoms. The largest absolute Gasteiger partial charge is 0.508 e. The van der Waals surface area contributed by atoms with Crippen molar-refractivity contribution < 1.29 is 9.84 Å². The first-order valence-corrected chi connectivity index (χ1v) is 6.34. The zero-order valence-electron chi connectivity index (χ0n) is 11.5. The van der Waals surface area contributed by atoms with Crippen LogP contribution in [0, 0.1) is 11.3 Å². The van der Waals surface area contributed by atoms with Crippen LogP contribution in [-0.4, -0.2) is 18.8 Å². The molecule has 0 atom stereocenters. The second kappa shape index (κ2) is 5.98. The average Bonchev–Trinajstić information content (AvgIpc) is 2.48. The Morgan fingerprint density at radius 2 is 2.05 bits per heavy atom. The summed E-state index contributed by atoms with van der Waals surface area (Å²) in [6.45, 7) is 2.66. The van der Waals surface area contributed by atoms with Crippen LogP contribution in [0.3, 0.4) is 0 Å². The topological polar surface area (TPSA) is 56.5 Å². The van der Waals surface area contributed by atoms with Crippen LogP contribution in [-0.2, 0) is 0 Å². The average molecular weight is 268 g/mol. The summed E-state index contributed by atoms with van der Waals surface area (Å²) in [5, 5.41) is 18.9. The number of phenols is 1. The van der Waals surface area contributed by atoms with Crippen LogP contribution in [0.4, 0.5) is 11.4 Å². The molecule has 0 radical (unpaired) electrons. The van der Waals surface area contributed by atoms with E-state index in [-0.39, 0.29) is 5.75 Å². The molecule has 0 aromatic heterocycles. The highest BCUT2D eigenvalue weighted by atomic mass is 16.5. The van der Waals surface area contributed by atoms with Gasteiger partial charge < -0.3 is 14.7 Å². The number of hydrogen-bond acceptors (Lipinski definition) is 4. The van der Waals surface area contributed by atoms with Gasteiger partial charge in [-0.05, 0) is 31.2 Å². The van der Waals surface area contributed by atoms with Crippen molar-refractivity contribution in [3.8, 4) is 17.6 Å². The van der Waals surface area contributed by atoms with Crippen LogP contribution in [0.25, 0.3) is 0 Å². The lowest BCUT2D eigenvalue weighted by Crippen LogP contribution is -2.17. The number of benzene rings is 2. The summed E-state index contributed by atoms with van der Waals surface area (Å²) < 4.78 is 5.22. The minimum atomic E-state index is 0.197. The molecule has 2 aromatic carbocycles. The van der Waals surface area contributed by atoms with Crippen molar-refractivity contribution in [2.75, 3.05) is 18.6 Å². The molecule has 0 spiro atoms. The van der Waals surface area contributed by atoms with E-state index in [0.717, 1.165) is 11.4 Å². The minimum absolute atomic E-state index is 0.197. The van der Waals surface area contributed by atoms with Crippen molar-refractivity contribution in [3.63, 3.8) is 0 Å². The molecular weight excluding hydrogens is 252 g/mol. The number of anilines is 2. The van der Waals surface area contributed by atoms with Gasteiger partial charge in [-0.3, -0.25) is 0 Å². The third kappa shape index (κ3) is 2.67. The smallest absolute Gasteiger partial charge is 0.121 e. The maximum atomic E-state index is 9.62. The molecule has 0 saturated carbocycles. The normalized spacial score (nSPS) is 9.85. The van der Waals surface area contributed by atoms with Gasteiger partial charge in [0.15, 0.2) is 0 Å². The highest BCUT2D eigenvalue weighted by molar-refractivity contribution is 5.71. The van der Waals surface area contributed by atoms with Gasteiger partial charge in [0.05, 0.1) is 18.4 Å². The molecule has 20 heavy (non-hydrogen) atoms. The zero-order chi connectivity index (χ0) is 14.5. The lowest BCUT2D eigenvalue weighted by molar-refractivity contribution is 0.415. The zero-order valence-corrected chi connectivity index (χ0v) is 11.5. The molecular formula is C16H16N2O2. The number of ether oxygens (including phenoxy) is 1. The number of nitriles is 1. The van der Waals surface area contributed by atoms with E-state index in [1.165, 1.54) is 0 Å². The summed E-state index contributed by atoms with van der Waals surface area (Å²) in [6, 6.07) is 14.5.